The van der Waals surface area contributed by atoms with E-state index in [9.17, 15) is 15.0 Å². The number of phenols is 2. The van der Waals surface area contributed by atoms with Gasteiger partial charge in [0.15, 0.2) is 5.60 Å². The van der Waals surface area contributed by atoms with Crippen molar-refractivity contribution >= 4 is 18.6 Å². The number of ether oxygens (including phenoxy) is 2. The van der Waals surface area contributed by atoms with Crippen LogP contribution in [0.4, 0.5) is 0 Å². The highest BCUT2D eigenvalue weighted by atomic mass is 32.1. The summed E-state index contributed by atoms with van der Waals surface area (Å²) in [5.74, 6) is 0.408. The molecule has 0 saturated heterocycles. The molecule has 2 N–H and O–H groups in total. The first-order chi connectivity index (χ1) is 13.5. The molecule has 3 aromatic carbocycles. The molecule has 0 amide bonds. The lowest BCUT2D eigenvalue weighted by molar-refractivity contribution is 0.0224. The van der Waals surface area contributed by atoms with Crippen LogP contribution < -0.4 is 4.74 Å². The molecule has 28 heavy (non-hydrogen) atoms. The molecule has 1 spiro atoms. The fraction of sp³-hybridized carbons (Fsp3) is 0.0476. The molecule has 0 aliphatic carbocycles. The van der Waals surface area contributed by atoms with Gasteiger partial charge in [-0.25, -0.2) is 4.79 Å². The van der Waals surface area contributed by atoms with Gasteiger partial charge in [0.25, 0.3) is 0 Å². The Balaban J connectivity index is 0.000000604. The number of nitriles is 1. The van der Waals surface area contributed by atoms with E-state index in [1.807, 2.05) is 12.1 Å². The zero-order chi connectivity index (χ0) is 19.9. The molecule has 0 radical (unpaired) electrons. The van der Waals surface area contributed by atoms with Crippen LogP contribution in [0.5, 0.6) is 23.0 Å². The van der Waals surface area contributed by atoms with Crippen LogP contribution in [0, 0.1) is 10.7 Å². The molecule has 0 atom stereocenters. The normalized spacial score (nSPS) is 14.4. The van der Waals surface area contributed by atoms with Crippen molar-refractivity contribution in [1.82, 2.24) is 0 Å². The molecule has 0 unspecified atom stereocenters. The largest absolute Gasteiger partial charge is 0.508 e. The Bertz CT molecular complexity index is 1100. The Morgan fingerprint density at radius 1 is 0.893 bits per heavy atom. The van der Waals surface area contributed by atoms with Gasteiger partial charge in [0.2, 0.25) is 0 Å². The molecule has 5 rings (SSSR count). The minimum absolute atomic E-state index is 0.0371. The number of esters is 1. The number of aromatic hydroxyl groups is 2. The summed E-state index contributed by atoms with van der Waals surface area (Å²) in [5.41, 5.74) is 1.28. The van der Waals surface area contributed by atoms with Gasteiger partial charge < -0.3 is 19.7 Å². The van der Waals surface area contributed by atoms with Crippen molar-refractivity contribution in [1.29, 1.82) is 5.26 Å². The molecular weight excluding hydrogens is 378 g/mol. The number of rotatable bonds is 0. The summed E-state index contributed by atoms with van der Waals surface area (Å²) in [6, 6.07) is 16.6. The third-order valence-corrected chi connectivity index (χ3v) is 4.68. The fourth-order valence-corrected chi connectivity index (χ4v) is 3.65. The van der Waals surface area contributed by atoms with E-state index in [4.69, 9.17) is 14.7 Å². The lowest BCUT2D eigenvalue weighted by atomic mass is 9.77. The quantitative estimate of drug-likeness (QED) is 0.304. The minimum atomic E-state index is -1.17. The maximum absolute atomic E-state index is 12.5. The van der Waals surface area contributed by atoms with E-state index >= 15 is 0 Å². The van der Waals surface area contributed by atoms with Crippen molar-refractivity contribution in [2.45, 2.75) is 5.60 Å². The monoisotopic (exact) mass is 391 g/mol. The SMILES string of the molecule is N#CS.O=C1OC2(c3ccc(O)cc3Oc3cc(O)ccc32)c2ccccc21. The van der Waals surface area contributed by atoms with Crippen molar-refractivity contribution in [3.8, 4) is 28.4 Å². The second kappa shape index (κ2) is 6.51. The predicted molar refractivity (Wildman–Crippen MR) is 103 cm³/mol. The van der Waals surface area contributed by atoms with Crippen molar-refractivity contribution < 1.29 is 24.5 Å². The van der Waals surface area contributed by atoms with Crippen LogP contribution in [0.25, 0.3) is 0 Å². The first-order valence-electron chi connectivity index (χ1n) is 8.22. The van der Waals surface area contributed by atoms with E-state index in [2.05, 4.69) is 12.6 Å². The second-order valence-corrected chi connectivity index (χ2v) is 6.38. The minimum Gasteiger partial charge on any atom is -0.508 e. The van der Waals surface area contributed by atoms with Gasteiger partial charge in [0, 0.05) is 28.8 Å². The third kappa shape index (κ3) is 2.47. The highest BCUT2D eigenvalue weighted by Crippen LogP contribution is 2.56. The molecule has 2 heterocycles. The summed E-state index contributed by atoms with van der Waals surface area (Å²) in [6.45, 7) is 0. The van der Waals surface area contributed by atoms with E-state index < -0.39 is 11.6 Å². The fourth-order valence-electron chi connectivity index (χ4n) is 3.65. The highest BCUT2D eigenvalue weighted by molar-refractivity contribution is 7.85. The highest BCUT2D eigenvalue weighted by Gasteiger charge is 2.53. The van der Waals surface area contributed by atoms with E-state index in [0.717, 1.165) is 0 Å². The summed E-state index contributed by atoms with van der Waals surface area (Å²) >= 11 is 3.09. The Morgan fingerprint density at radius 2 is 1.43 bits per heavy atom. The van der Waals surface area contributed by atoms with E-state index in [1.54, 1.807) is 24.3 Å². The number of nitrogens with zero attached hydrogens (tertiary/aromatic N) is 1. The van der Waals surface area contributed by atoms with E-state index in [-0.39, 0.29) is 11.5 Å². The molecule has 0 saturated carbocycles. The number of phenolic OH excluding ortho intramolecular Hbond substituents is 2. The number of carbonyl (C=O) groups is 1. The van der Waals surface area contributed by atoms with Gasteiger partial charge in [0.1, 0.15) is 28.4 Å². The van der Waals surface area contributed by atoms with E-state index in [1.165, 1.54) is 29.7 Å². The van der Waals surface area contributed by atoms with Crippen molar-refractivity contribution in [3.63, 3.8) is 0 Å². The first kappa shape index (κ1) is 17.8. The zero-order valence-corrected chi connectivity index (χ0v) is 15.2. The van der Waals surface area contributed by atoms with Crippen LogP contribution in [0.2, 0.25) is 0 Å². The van der Waals surface area contributed by atoms with Crippen LogP contribution in [0.1, 0.15) is 27.0 Å². The van der Waals surface area contributed by atoms with Gasteiger partial charge in [-0.1, -0.05) is 30.8 Å². The Kier molecular flexibility index (Phi) is 4.13. The maximum Gasteiger partial charge on any atom is 0.340 e. The first-order valence-corrected chi connectivity index (χ1v) is 8.67. The van der Waals surface area contributed by atoms with Gasteiger partial charge in [-0.15, -0.1) is 0 Å². The zero-order valence-electron chi connectivity index (χ0n) is 14.3. The maximum atomic E-state index is 12.5. The van der Waals surface area contributed by atoms with Crippen LogP contribution in [-0.4, -0.2) is 16.2 Å². The van der Waals surface area contributed by atoms with Crippen molar-refractivity contribution in [2.24, 2.45) is 0 Å². The number of thiol groups is 1. The summed E-state index contributed by atoms with van der Waals surface area (Å²) < 4.78 is 11.8. The van der Waals surface area contributed by atoms with Gasteiger partial charge >= 0.3 is 5.97 Å². The molecule has 7 heteroatoms. The van der Waals surface area contributed by atoms with Crippen LogP contribution >= 0.6 is 12.6 Å². The van der Waals surface area contributed by atoms with Gasteiger partial charge in [0.05, 0.1) is 5.56 Å². The Morgan fingerprint density at radius 3 is 2.00 bits per heavy atom. The lowest BCUT2D eigenvalue weighted by Gasteiger charge is -2.36. The predicted octanol–water partition coefficient (Wildman–Crippen LogP) is 4.06. The molecule has 0 fully saturated rings. The van der Waals surface area contributed by atoms with Gasteiger partial charge in [-0.2, -0.15) is 5.26 Å². The number of hydrogen-bond donors (Lipinski definition) is 3. The number of benzene rings is 3. The van der Waals surface area contributed by atoms with Crippen LogP contribution in [0.3, 0.4) is 0 Å². The smallest absolute Gasteiger partial charge is 0.340 e. The lowest BCUT2D eigenvalue weighted by Crippen LogP contribution is -2.32. The Hall–Kier alpha value is -3.63. The van der Waals surface area contributed by atoms with E-state index in [0.29, 0.717) is 33.8 Å². The summed E-state index contributed by atoms with van der Waals surface area (Å²) in [4.78, 5) is 12.5. The number of carbonyl (C=O) groups excluding carboxylic acids is 1. The summed E-state index contributed by atoms with van der Waals surface area (Å²) in [6.07, 6.45) is 0. The number of hydrogen-bond acceptors (Lipinski definition) is 7. The molecule has 3 aromatic rings. The molecule has 0 aromatic heterocycles. The average molecular weight is 391 g/mol. The number of thiocyanates is 1. The topological polar surface area (TPSA) is 99.8 Å². The van der Waals surface area contributed by atoms with Gasteiger partial charge in [-0.3, -0.25) is 0 Å². The molecule has 2 aliphatic rings. The van der Waals surface area contributed by atoms with Crippen LogP contribution in [-0.2, 0) is 10.3 Å². The average Bonchev–Trinajstić information content (AvgIpc) is 2.96. The summed E-state index contributed by atoms with van der Waals surface area (Å²) in [5, 5.41) is 28.3. The molecular formula is C21H13NO5S. The Labute approximate surface area is 165 Å². The number of fused-ring (bicyclic) bond motifs is 6. The van der Waals surface area contributed by atoms with Crippen molar-refractivity contribution in [3.05, 3.63) is 82.9 Å². The second-order valence-electron chi connectivity index (χ2n) is 6.18. The third-order valence-electron chi connectivity index (χ3n) is 4.68. The van der Waals surface area contributed by atoms with Gasteiger partial charge in [-0.05, 0) is 30.3 Å². The van der Waals surface area contributed by atoms with Crippen LogP contribution in [0.15, 0.2) is 60.7 Å². The van der Waals surface area contributed by atoms with Crippen molar-refractivity contribution in [2.75, 3.05) is 0 Å². The molecule has 6 nitrogen and oxygen atoms in total. The standard InChI is InChI=1S/C20H12O5.CHNS/c21-11-5-7-15-17(9-11)24-18-10-12(22)6-8-16(18)20(15)14-4-2-1-3-13(14)19(23)25-20;2-1-3/h1-10,21-22H;3H. The molecule has 0 bridgehead atoms. The summed E-state index contributed by atoms with van der Waals surface area (Å²) in [7, 11) is 0. The molecule has 138 valence electrons. The molecule has 2 aliphatic heterocycles.